The van der Waals surface area contributed by atoms with Crippen LogP contribution in [0.3, 0.4) is 0 Å². The van der Waals surface area contributed by atoms with Crippen LogP contribution in [0.5, 0.6) is 0 Å². The maximum absolute atomic E-state index is 12.6. The number of piperidine rings is 1. The molecule has 0 spiro atoms. The quantitative estimate of drug-likeness (QED) is 0.697. The molecule has 7 nitrogen and oxygen atoms in total. The van der Waals surface area contributed by atoms with Gasteiger partial charge in [-0.05, 0) is 56.0 Å². The number of halogens is 4. The minimum atomic E-state index is -4.65. The summed E-state index contributed by atoms with van der Waals surface area (Å²) < 4.78 is 40.4. The summed E-state index contributed by atoms with van der Waals surface area (Å²) in [5.74, 6) is 0.0395. The van der Waals surface area contributed by atoms with E-state index >= 15 is 0 Å². The number of aromatic nitrogens is 1. The summed E-state index contributed by atoms with van der Waals surface area (Å²) in [6.07, 6.45) is -4.31. The van der Waals surface area contributed by atoms with Gasteiger partial charge in [0.25, 0.3) is 0 Å². The van der Waals surface area contributed by atoms with E-state index < -0.39 is 12.5 Å². The van der Waals surface area contributed by atoms with Gasteiger partial charge in [0, 0.05) is 35.5 Å². The van der Waals surface area contributed by atoms with E-state index in [4.69, 9.17) is 11.6 Å². The average molecular weight is 471 g/mol. The summed E-state index contributed by atoms with van der Waals surface area (Å²) in [6.45, 7) is 0.783. The Morgan fingerprint density at radius 2 is 1.84 bits per heavy atom. The molecule has 172 valence electrons. The van der Waals surface area contributed by atoms with E-state index in [1.807, 2.05) is 6.07 Å². The first-order chi connectivity index (χ1) is 15.2. The van der Waals surface area contributed by atoms with Gasteiger partial charge in [0.15, 0.2) is 0 Å². The first kappa shape index (κ1) is 22.6. The summed E-state index contributed by atoms with van der Waals surface area (Å²) in [5.41, 5.74) is 0.720. The molecule has 2 aliphatic rings. The molecular formula is C21H22ClF3N4O3. The molecule has 3 amide bonds. The number of carbonyl (C=O) groups excluding carboxylic acids is 2. The minimum Gasteiger partial charge on any atom is -0.335 e. The lowest BCUT2D eigenvalue weighted by Gasteiger charge is -2.38. The summed E-state index contributed by atoms with van der Waals surface area (Å²) in [4.78, 5) is 31.0. The van der Waals surface area contributed by atoms with Crippen LogP contribution in [-0.2, 0) is 9.53 Å². The molecule has 1 aliphatic carbocycles. The standard InChI is InChI=1S/C21H22ClF3N4O3/c22-14-2-3-17-13(9-14)1-4-18(27-17)28-19(30)12-5-7-29(8-6-12)20(31)26-15-10-16(11-15)32-21(23,24)25/h1-4,9,12,15-16H,5-8,10-11H2,(H,26,31)(H,27,28,30)/t15-,16+. The summed E-state index contributed by atoms with van der Waals surface area (Å²) in [6, 6.07) is 8.21. The Bertz CT molecular complexity index is 1010. The molecule has 1 saturated heterocycles. The number of nitrogens with zero attached hydrogens (tertiary/aromatic N) is 2. The van der Waals surface area contributed by atoms with Crippen LogP contribution in [0.15, 0.2) is 30.3 Å². The number of pyridine rings is 1. The molecule has 2 N–H and O–H groups in total. The zero-order valence-corrected chi connectivity index (χ0v) is 17.7. The summed E-state index contributed by atoms with van der Waals surface area (Å²) in [7, 11) is 0. The number of alkyl halides is 3. The second-order valence-corrected chi connectivity index (χ2v) is 8.52. The Balaban J connectivity index is 1.22. The van der Waals surface area contributed by atoms with Gasteiger partial charge < -0.3 is 15.5 Å². The van der Waals surface area contributed by atoms with Crippen molar-refractivity contribution in [3.8, 4) is 0 Å². The first-order valence-electron chi connectivity index (χ1n) is 10.3. The third-order valence-corrected chi connectivity index (χ3v) is 6.01. The predicted octanol–water partition coefficient (Wildman–Crippen LogP) is 4.32. The largest absolute Gasteiger partial charge is 0.522 e. The van der Waals surface area contributed by atoms with E-state index in [9.17, 15) is 22.8 Å². The predicted molar refractivity (Wildman–Crippen MR) is 112 cm³/mol. The van der Waals surface area contributed by atoms with Crippen molar-refractivity contribution in [3.05, 3.63) is 35.4 Å². The van der Waals surface area contributed by atoms with Gasteiger partial charge in [0.2, 0.25) is 5.91 Å². The minimum absolute atomic E-state index is 0.134. The van der Waals surface area contributed by atoms with Crippen LogP contribution in [-0.4, -0.2) is 53.4 Å². The second kappa shape index (κ2) is 9.11. The molecular weight excluding hydrogens is 449 g/mol. The number of amides is 3. The Labute approximate surface area is 187 Å². The van der Waals surface area contributed by atoms with Gasteiger partial charge in [0.05, 0.1) is 11.6 Å². The topological polar surface area (TPSA) is 83.6 Å². The lowest BCUT2D eigenvalue weighted by molar-refractivity contribution is -0.351. The lowest BCUT2D eigenvalue weighted by atomic mass is 9.89. The normalized spacial score (nSPS) is 21.8. The van der Waals surface area contributed by atoms with Crippen LogP contribution >= 0.6 is 11.6 Å². The smallest absolute Gasteiger partial charge is 0.335 e. The monoisotopic (exact) mass is 470 g/mol. The number of nitrogens with one attached hydrogen (secondary N) is 2. The van der Waals surface area contributed by atoms with Crippen molar-refractivity contribution in [3.63, 3.8) is 0 Å². The van der Waals surface area contributed by atoms with Crippen molar-refractivity contribution in [2.75, 3.05) is 18.4 Å². The van der Waals surface area contributed by atoms with E-state index in [1.54, 1.807) is 29.2 Å². The van der Waals surface area contributed by atoms with Crippen LogP contribution in [0.1, 0.15) is 25.7 Å². The molecule has 1 saturated carbocycles. The molecule has 0 bridgehead atoms. The molecule has 2 fully saturated rings. The van der Waals surface area contributed by atoms with Crippen molar-refractivity contribution in [1.82, 2.24) is 15.2 Å². The molecule has 2 heterocycles. The number of urea groups is 1. The fourth-order valence-corrected chi connectivity index (χ4v) is 4.15. The SMILES string of the molecule is O=C(Nc1ccc2cc(Cl)ccc2n1)C1CCN(C(=O)N[C@H]2C[C@@H](OC(F)(F)F)C2)CC1. The number of hydrogen-bond donors (Lipinski definition) is 2. The van der Waals surface area contributed by atoms with Gasteiger partial charge >= 0.3 is 12.4 Å². The zero-order chi connectivity index (χ0) is 22.9. The zero-order valence-electron chi connectivity index (χ0n) is 17.0. The number of carbonyl (C=O) groups is 2. The Hall–Kier alpha value is -2.59. The highest BCUT2D eigenvalue weighted by Gasteiger charge is 2.41. The van der Waals surface area contributed by atoms with Gasteiger partial charge in [-0.25, -0.2) is 9.78 Å². The fourth-order valence-electron chi connectivity index (χ4n) is 3.97. The highest BCUT2D eigenvalue weighted by atomic mass is 35.5. The Morgan fingerprint density at radius 1 is 1.12 bits per heavy atom. The Kier molecular flexibility index (Phi) is 6.43. The maximum Gasteiger partial charge on any atom is 0.522 e. The van der Waals surface area contributed by atoms with Crippen LogP contribution < -0.4 is 10.6 Å². The number of ether oxygens (including phenoxy) is 1. The van der Waals surface area contributed by atoms with Crippen molar-refractivity contribution in [2.24, 2.45) is 5.92 Å². The van der Waals surface area contributed by atoms with Crippen LogP contribution in [0.4, 0.5) is 23.8 Å². The third-order valence-electron chi connectivity index (χ3n) is 5.78. The van der Waals surface area contributed by atoms with Gasteiger partial charge in [-0.15, -0.1) is 13.2 Å². The molecule has 4 rings (SSSR count). The second-order valence-electron chi connectivity index (χ2n) is 8.09. The number of likely N-dealkylation sites (tertiary alicyclic amines) is 1. The highest BCUT2D eigenvalue weighted by molar-refractivity contribution is 6.31. The van der Waals surface area contributed by atoms with Gasteiger partial charge in [-0.1, -0.05) is 11.6 Å². The van der Waals surface area contributed by atoms with Crippen LogP contribution in [0.25, 0.3) is 10.9 Å². The van der Waals surface area contributed by atoms with Gasteiger partial charge in [0.1, 0.15) is 5.82 Å². The molecule has 2 aromatic rings. The highest BCUT2D eigenvalue weighted by Crippen LogP contribution is 2.30. The number of benzene rings is 1. The number of fused-ring (bicyclic) bond motifs is 1. The summed E-state index contributed by atoms with van der Waals surface area (Å²) in [5, 5.41) is 7.04. The van der Waals surface area contributed by atoms with Crippen LogP contribution in [0.2, 0.25) is 5.02 Å². The molecule has 1 aromatic carbocycles. The molecule has 1 aromatic heterocycles. The molecule has 0 unspecified atom stereocenters. The van der Waals surface area contributed by atoms with E-state index in [2.05, 4.69) is 20.4 Å². The van der Waals surface area contributed by atoms with E-state index in [1.165, 1.54) is 0 Å². The van der Waals surface area contributed by atoms with Crippen molar-refractivity contribution in [2.45, 2.75) is 44.2 Å². The van der Waals surface area contributed by atoms with E-state index in [0.717, 1.165) is 10.9 Å². The molecule has 1 aliphatic heterocycles. The third kappa shape index (κ3) is 5.60. The fraction of sp³-hybridized carbons (Fsp3) is 0.476. The van der Waals surface area contributed by atoms with E-state index in [-0.39, 0.29) is 36.7 Å². The van der Waals surface area contributed by atoms with Gasteiger partial charge in [-0.2, -0.15) is 0 Å². The average Bonchev–Trinajstić information content (AvgIpc) is 2.71. The molecule has 0 atom stereocenters. The molecule has 32 heavy (non-hydrogen) atoms. The molecule has 11 heteroatoms. The number of hydrogen-bond acceptors (Lipinski definition) is 4. The lowest BCUT2D eigenvalue weighted by Crippen LogP contribution is -2.54. The first-order valence-corrected chi connectivity index (χ1v) is 10.7. The number of rotatable bonds is 4. The van der Waals surface area contributed by atoms with E-state index in [0.29, 0.717) is 36.8 Å². The number of anilines is 1. The van der Waals surface area contributed by atoms with Crippen LogP contribution in [0, 0.1) is 5.92 Å². The summed E-state index contributed by atoms with van der Waals surface area (Å²) >= 11 is 5.97. The van der Waals surface area contributed by atoms with Crippen molar-refractivity contribution >= 4 is 40.3 Å². The van der Waals surface area contributed by atoms with Crippen molar-refractivity contribution < 1.29 is 27.5 Å². The maximum atomic E-state index is 12.6. The van der Waals surface area contributed by atoms with Crippen molar-refractivity contribution in [1.29, 1.82) is 0 Å². The van der Waals surface area contributed by atoms with Gasteiger partial charge in [-0.3, -0.25) is 9.53 Å². The Morgan fingerprint density at radius 3 is 2.53 bits per heavy atom. The molecule has 0 radical (unpaired) electrons.